The maximum Gasteiger partial charge on any atom is 0.216 e. The molecule has 269 valence electrons. The smallest absolute Gasteiger partial charge is 0.216 e. The summed E-state index contributed by atoms with van der Waals surface area (Å²) in [4.78, 5) is 14.2. The van der Waals surface area contributed by atoms with Crippen molar-refractivity contribution < 1.29 is 24.5 Å². The first kappa shape index (κ1) is 38.8. The molecule has 3 aromatic carbocycles. The van der Waals surface area contributed by atoms with Crippen LogP contribution in [0.5, 0.6) is 0 Å². The fourth-order valence-electron chi connectivity index (χ4n) is 6.92. The maximum atomic E-state index is 6.53. The van der Waals surface area contributed by atoms with Gasteiger partial charge in [-0.05, 0) is 95.3 Å². The first-order chi connectivity index (χ1) is 24.5. The van der Waals surface area contributed by atoms with Gasteiger partial charge in [-0.1, -0.05) is 95.8 Å². The maximum absolute atomic E-state index is 6.53. The van der Waals surface area contributed by atoms with E-state index in [1.54, 1.807) is 0 Å². The Balaban J connectivity index is 0.000000314. The first-order valence-corrected chi connectivity index (χ1v) is 18.3. The van der Waals surface area contributed by atoms with Gasteiger partial charge in [0, 0.05) is 43.4 Å². The van der Waals surface area contributed by atoms with Crippen LogP contribution in [0.25, 0.3) is 55.8 Å². The third kappa shape index (κ3) is 7.82. The van der Waals surface area contributed by atoms with E-state index in [1.165, 1.54) is 33.4 Å². The number of hydrogen-bond acceptors (Lipinski definition) is 4. The molecule has 0 amide bonds. The number of aryl methyl sites for hydroxylation is 2. The summed E-state index contributed by atoms with van der Waals surface area (Å²) in [6, 6.07) is 35.7. The van der Waals surface area contributed by atoms with Gasteiger partial charge in [0.1, 0.15) is 0 Å². The van der Waals surface area contributed by atoms with E-state index in [9.17, 15) is 0 Å². The Kier molecular flexibility index (Phi) is 12.3. The van der Waals surface area contributed by atoms with Gasteiger partial charge in [-0.3, -0.25) is 0 Å². The van der Waals surface area contributed by atoms with Crippen LogP contribution >= 0.6 is 0 Å². The van der Waals surface area contributed by atoms with Crippen molar-refractivity contribution in [2.24, 2.45) is 0 Å². The molecular formula is C47H49IrN3O-2. The number of furan rings is 1. The van der Waals surface area contributed by atoms with Gasteiger partial charge in [-0.15, -0.1) is 54.1 Å². The molecule has 1 radical (unpaired) electrons. The van der Waals surface area contributed by atoms with E-state index in [-0.39, 0.29) is 25.5 Å². The van der Waals surface area contributed by atoms with E-state index in [4.69, 9.17) is 14.4 Å². The van der Waals surface area contributed by atoms with Crippen LogP contribution in [0.1, 0.15) is 101 Å². The van der Waals surface area contributed by atoms with Gasteiger partial charge in [0.25, 0.3) is 0 Å². The molecule has 0 saturated heterocycles. The number of pyridine rings is 3. The summed E-state index contributed by atoms with van der Waals surface area (Å²) in [5.74, 6) is 0.800. The van der Waals surface area contributed by atoms with Gasteiger partial charge >= 0.3 is 0 Å². The van der Waals surface area contributed by atoms with Crippen LogP contribution in [0.3, 0.4) is 0 Å². The molecule has 0 spiro atoms. The van der Waals surface area contributed by atoms with E-state index >= 15 is 0 Å². The average Bonchev–Trinajstić information content (AvgIpc) is 3.53. The molecule has 0 aliphatic rings. The number of hydrogen-bond donors (Lipinski definition) is 0. The van der Waals surface area contributed by atoms with Crippen molar-refractivity contribution in [2.75, 3.05) is 0 Å². The van der Waals surface area contributed by atoms with Crippen molar-refractivity contribution >= 4 is 22.1 Å². The Morgan fingerprint density at radius 2 is 1.40 bits per heavy atom. The van der Waals surface area contributed by atoms with Crippen molar-refractivity contribution in [3.05, 3.63) is 137 Å². The number of fused-ring (bicyclic) bond motifs is 3. The fourth-order valence-corrected chi connectivity index (χ4v) is 6.92. The molecule has 5 heteroatoms. The van der Waals surface area contributed by atoms with Gasteiger partial charge in [0.15, 0.2) is 0 Å². The molecule has 0 unspecified atom stereocenters. The molecule has 4 aromatic heterocycles. The normalized spacial score (nSPS) is 11.5. The summed E-state index contributed by atoms with van der Waals surface area (Å²) in [6.07, 6.45) is 6.02. The van der Waals surface area contributed by atoms with Gasteiger partial charge in [-0.25, -0.2) is 4.98 Å². The first-order valence-electron chi connectivity index (χ1n) is 18.3. The molecule has 0 saturated carbocycles. The summed E-state index contributed by atoms with van der Waals surface area (Å²) in [5.41, 5.74) is 14.0. The fraction of sp³-hybridized carbons (Fsp3) is 0.298. The standard InChI is InChI=1S/C35H39N2O.C12H10N.Ir/c1-9-35(8,10-2)29-19-31(36-20-23(29)7)28-16-12-15-26-27-17-18-30(37-34(27)38-33(26)28)32-24(21(3)4)13-11-14-25(32)22(5)6;1-10-7-8-12(13-9-10)11-5-3-2-4-6-11;/h11-15,17-22H,9-10H2,1-8H3;2-5,7-9H,1H3;/q2*-1;. The van der Waals surface area contributed by atoms with Crippen molar-refractivity contribution in [1.29, 1.82) is 0 Å². The van der Waals surface area contributed by atoms with Gasteiger partial charge in [0.2, 0.25) is 5.71 Å². The minimum atomic E-state index is 0. The largest absolute Gasteiger partial charge is 0.486 e. The summed E-state index contributed by atoms with van der Waals surface area (Å²) in [7, 11) is 0. The van der Waals surface area contributed by atoms with Crippen LogP contribution in [-0.4, -0.2) is 15.0 Å². The number of aromatic nitrogens is 3. The van der Waals surface area contributed by atoms with Crippen molar-refractivity contribution in [3.8, 4) is 33.8 Å². The van der Waals surface area contributed by atoms with E-state index < -0.39 is 0 Å². The van der Waals surface area contributed by atoms with Crippen LogP contribution in [-0.2, 0) is 25.5 Å². The van der Waals surface area contributed by atoms with Crippen molar-refractivity contribution in [1.82, 2.24) is 15.0 Å². The molecular weight excluding hydrogens is 815 g/mol. The molecule has 0 bridgehead atoms. The number of nitrogens with zero attached hydrogens (tertiary/aromatic N) is 3. The zero-order chi connectivity index (χ0) is 36.3. The van der Waals surface area contributed by atoms with E-state index in [0.29, 0.717) is 17.5 Å². The van der Waals surface area contributed by atoms with E-state index in [1.807, 2.05) is 55.7 Å². The monoisotopic (exact) mass is 864 g/mol. The second kappa shape index (κ2) is 16.5. The summed E-state index contributed by atoms with van der Waals surface area (Å²) in [5, 5.41) is 2.07. The molecule has 0 N–H and O–H groups in total. The van der Waals surface area contributed by atoms with Gasteiger partial charge < -0.3 is 14.4 Å². The Bertz CT molecular complexity index is 2240. The van der Waals surface area contributed by atoms with Crippen molar-refractivity contribution in [3.63, 3.8) is 0 Å². The summed E-state index contributed by atoms with van der Waals surface area (Å²) >= 11 is 0. The third-order valence-electron chi connectivity index (χ3n) is 10.4. The summed E-state index contributed by atoms with van der Waals surface area (Å²) < 4.78 is 6.53. The molecule has 4 nitrogen and oxygen atoms in total. The average molecular weight is 864 g/mol. The predicted octanol–water partition coefficient (Wildman–Crippen LogP) is 13.0. The van der Waals surface area contributed by atoms with Crippen molar-refractivity contribution in [2.45, 2.75) is 92.4 Å². The Morgan fingerprint density at radius 1 is 0.712 bits per heavy atom. The topological polar surface area (TPSA) is 51.8 Å². The van der Waals surface area contributed by atoms with Crippen LogP contribution in [0.15, 0.2) is 102 Å². The molecule has 0 aliphatic heterocycles. The van der Waals surface area contributed by atoms with Crippen LogP contribution < -0.4 is 0 Å². The zero-order valence-corrected chi connectivity index (χ0v) is 34.3. The van der Waals surface area contributed by atoms with Crippen LogP contribution in [0.2, 0.25) is 0 Å². The number of benzene rings is 3. The minimum absolute atomic E-state index is 0. The summed E-state index contributed by atoms with van der Waals surface area (Å²) in [6.45, 7) is 20.0. The Labute approximate surface area is 323 Å². The number of rotatable bonds is 8. The van der Waals surface area contributed by atoms with E-state index in [2.05, 4.69) is 121 Å². The van der Waals surface area contributed by atoms with E-state index in [0.717, 1.165) is 57.4 Å². The molecule has 0 fully saturated rings. The Hall–Kier alpha value is -4.44. The van der Waals surface area contributed by atoms with Crippen LogP contribution in [0, 0.1) is 26.0 Å². The molecule has 4 heterocycles. The third-order valence-corrected chi connectivity index (χ3v) is 10.4. The predicted molar refractivity (Wildman–Crippen MR) is 213 cm³/mol. The van der Waals surface area contributed by atoms with Gasteiger partial charge in [0.05, 0.1) is 11.3 Å². The Morgan fingerprint density at radius 3 is 2.02 bits per heavy atom. The zero-order valence-electron chi connectivity index (χ0n) is 31.9. The molecule has 0 atom stereocenters. The van der Waals surface area contributed by atoms with Gasteiger partial charge in [-0.2, -0.15) is 0 Å². The molecule has 0 aliphatic carbocycles. The SMILES string of the molecule is CCC(C)(CC)c1cc(-c2[c-]ccc3c2oc2nc(-c4c(C(C)C)cccc4C(C)C)ccc23)ncc1C.Cc1ccc(-c2[c-]cccc2)nc1.[Ir]. The second-order valence-electron chi connectivity index (χ2n) is 14.5. The molecule has 7 rings (SSSR count). The minimum Gasteiger partial charge on any atom is -0.486 e. The molecule has 52 heavy (non-hydrogen) atoms. The quantitative estimate of drug-likeness (QED) is 0.143. The van der Waals surface area contributed by atoms with Crippen LogP contribution in [0.4, 0.5) is 0 Å². The second-order valence-corrected chi connectivity index (χ2v) is 14.5. The molecule has 7 aromatic rings.